The Labute approximate surface area is 163 Å². The zero-order chi connectivity index (χ0) is 19.8. The maximum absolute atomic E-state index is 12.9. The Hall–Kier alpha value is -2.60. The van der Waals surface area contributed by atoms with Gasteiger partial charge in [0.1, 0.15) is 5.75 Å². The fourth-order valence-electron chi connectivity index (χ4n) is 2.84. The Balaban J connectivity index is 2.15. The Morgan fingerprint density at radius 1 is 1.19 bits per heavy atom. The van der Waals surface area contributed by atoms with Gasteiger partial charge in [0.15, 0.2) is 0 Å². The first-order valence-corrected chi connectivity index (χ1v) is 9.22. The number of nitro benzene ring substituents is 1. The van der Waals surface area contributed by atoms with Crippen LogP contribution < -0.4 is 4.74 Å². The monoisotopic (exact) mass is 390 g/mol. The first-order chi connectivity index (χ1) is 13.0. The van der Waals surface area contributed by atoms with E-state index in [2.05, 4.69) is 0 Å². The van der Waals surface area contributed by atoms with Crippen LogP contribution in [0.15, 0.2) is 48.5 Å². The normalized spacial score (nSPS) is 11.7. The number of halogens is 1. The van der Waals surface area contributed by atoms with E-state index >= 15 is 0 Å². The van der Waals surface area contributed by atoms with Crippen LogP contribution in [0, 0.1) is 10.1 Å². The summed E-state index contributed by atoms with van der Waals surface area (Å²) in [6.45, 7) is 2.52. The Morgan fingerprint density at radius 3 is 2.33 bits per heavy atom. The fraction of sp³-hybridized carbons (Fsp3) is 0.350. The van der Waals surface area contributed by atoms with E-state index in [1.807, 2.05) is 31.2 Å². The molecule has 144 valence electrons. The minimum atomic E-state index is -0.454. The summed E-state index contributed by atoms with van der Waals surface area (Å²) >= 11 is 5.83. The summed E-state index contributed by atoms with van der Waals surface area (Å²) in [6, 6.07) is 13.6. The number of carbonyl (C=O) groups excluding carboxylic acids is 1. The molecule has 0 fully saturated rings. The second-order valence-electron chi connectivity index (χ2n) is 6.18. The lowest BCUT2D eigenvalue weighted by atomic mass is 10.0. The van der Waals surface area contributed by atoms with Gasteiger partial charge >= 0.3 is 0 Å². The van der Waals surface area contributed by atoms with Crippen LogP contribution in [0.1, 0.15) is 30.5 Å². The number of hydrogen-bond donors (Lipinski definition) is 0. The molecular formula is C20H23ClN2O4. The smallest absolute Gasteiger partial charge is 0.269 e. The Kier molecular flexibility index (Phi) is 7.61. The molecule has 1 amide bonds. The predicted octanol–water partition coefficient (Wildman–Crippen LogP) is 4.36. The summed E-state index contributed by atoms with van der Waals surface area (Å²) in [5, 5.41) is 10.8. The third kappa shape index (κ3) is 5.69. The van der Waals surface area contributed by atoms with Crippen molar-refractivity contribution in [2.45, 2.75) is 25.8 Å². The first-order valence-electron chi connectivity index (χ1n) is 8.69. The van der Waals surface area contributed by atoms with Crippen LogP contribution in [0.5, 0.6) is 5.75 Å². The number of nitro groups is 1. The molecule has 7 heteroatoms. The van der Waals surface area contributed by atoms with Crippen LogP contribution in [0.2, 0.25) is 0 Å². The van der Waals surface area contributed by atoms with Crippen LogP contribution in [0.4, 0.5) is 5.69 Å². The van der Waals surface area contributed by atoms with Gasteiger partial charge in [-0.25, -0.2) is 0 Å². The lowest BCUT2D eigenvalue weighted by Gasteiger charge is -2.30. The highest BCUT2D eigenvalue weighted by Crippen LogP contribution is 2.24. The van der Waals surface area contributed by atoms with E-state index in [1.165, 1.54) is 12.1 Å². The molecule has 0 aliphatic rings. The first kappa shape index (κ1) is 20.7. The summed E-state index contributed by atoms with van der Waals surface area (Å²) in [5.74, 6) is 1.18. The van der Waals surface area contributed by atoms with E-state index in [4.69, 9.17) is 16.3 Å². The standard InChI is InChI=1S/C20H23ClN2O4/c1-15(17-6-10-19(27-2)11-7-17)22(13-3-12-21)20(24)14-16-4-8-18(9-5-16)23(25)26/h4-11,15H,3,12-14H2,1-2H3/t15-/m0/s1. The fourth-order valence-corrected chi connectivity index (χ4v) is 2.96. The number of benzene rings is 2. The van der Waals surface area contributed by atoms with Gasteiger partial charge in [0, 0.05) is 24.6 Å². The van der Waals surface area contributed by atoms with E-state index in [1.54, 1.807) is 24.1 Å². The average Bonchev–Trinajstić information content (AvgIpc) is 2.68. The topological polar surface area (TPSA) is 72.7 Å². The number of ether oxygens (including phenoxy) is 1. The Morgan fingerprint density at radius 2 is 1.81 bits per heavy atom. The van der Waals surface area contributed by atoms with Crippen LogP contribution in [-0.2, 0) is 11.2 Å². The van der Waals surface area contributed by atoms with Crippen molar-refractivity contribution < 1.29 is 14.5 Å². The molecule has 0 aromatic heterocycles. The minimum Gasteiger partial charge on any atom is -0.497 e. The molecule has 0 saturated carbocycles. The van der Waals surface area contributed by atoms with Gasteiger partial charge in [0.05, 0.1) is 24.5 Å². The minimum absolute atomic E-state index is 0.0109. The summed E-state index contributed by atoms with van der Waals surface area (Å²) in [6.07, 6.45) is 0.870. The molecule has 0 unspecified atom stereocenters. The number of alkyl halides is 1. The molecule has 0 aliphatic carbocycles. The summed E-state index contributed by atoms with van der Waals surface area (Å²) in [7, 11) is 1.61. The number of methoxy groups -OCH3 is 1. The van der Waals surface area contributed by atoms with E-state index in [9.17, 15) is 14.9 Å². The SMILES string of the molecule is COc1ccc([C@H](C)N(CCCCl)C(=O)Cc2ccc([N+](=O)[O-])cc2)cc1. The van der Waals surface area contributed by atoms with Crippen LogP contribution in [0.25, 0.3) is 0 Å². The highest BCUT2D eigenvalue weighted by molar-refractivity contribution is 6.17. The van der Waals surface area contributed by atoms with Gasteiger partial charge in [-0.2, -0.15) is 0 Å². The predicted molar refractivity (Wildman–Crippen MR) is 105 cm³/mol. The van der Waals surface area contributed by atoms with Crippen molar-refractivity contribution in [3.8, 4) is 5.75 Å². The lowest BCUT2D eigenvalue weighted by Crippen LogP contribution is -2.35. The van der Waals surface area contributed by atoms with Crippen molar-refractivity contribution >= 4 is 23.2 Å². The van der Waals surface area contributed by atoms with E-state index < -0.39 is 4.92 Å². The Bertz CT molecular complexity index is 763. The van der Waals surface area contributed by atoms with Crippen molar-refractivity contribution in [2.24, 2.45) is 0 Å². The van der Waals surface area contributed by atoms with Crippen LogP contribution in [0.3, 0.4) is 0 Å². The molecule has 27 heavy (non-hydrogen) atoms. The van der Waals surface area contributed by atoms with Gasteiger partial charge in [-0.3, -0.25) is 14.9 Å². The summed E-state index contributed by atoms with van der Waals surface area (Å²) < 4.78 is 5.18. The quantitative estimate of drug-likeness (QED) is 0.362. The number of amides is 1. The third-order valence-electron chi connectivity index (χ3n) is 4.42. The van der Waals surface area contributed by atoms with Gasteiger partial charge in [-0.05, 0) is 36.6 Å². The van der Waals surface area contributed by atoms with Crippen LogP contribution in [-0.4, -0.2) is 35.3 Å². The van der Waals surface area contributed by atoms with Crippen molar-refractivity contribution in [3.05, 3.63) is 69.8 Å². The molecule has 0 heterocycles. The molecule has 0 spiro atoms. The molecule has 0 radical (unpaired) electrons. The lowest BCUT2D eigenvalue weighted by molar-refractivity contribution is -0.384. The molecule has 2 rings (SSSR count). The zero-order valence-corrected chi connectivity index (χ0v) is 16.2. The number of non-ortho nitro benzene ring substituents is 1. The van der Waals surface area contributed by atoms with Crippen molar-refractivity contribution in [1.29, 1.82) is 0 Å². The second kappa shape index (κ2) is 9.92. The van der Waals surface area contributed by atoms with Crippen molar-refractivity contribution in [3.63, 3.8) is 0 Å². The highest BCUT2D eigenvalue weighted by atomic mass is 35.5. The van der Waals surface area contributed by atoms with Gasteiger partial charge in [0.25, 0.3) is 5.69 Å². The maximum Gasteiger partial charge on any atom is 0.269 e. The van der Waals surface area contributed by atoms with Gasteiger partial charge < -0.3 is 9.64 Å². The number of rotatable bonds is 9. The number of hydrogen-bond acceptors (Lipinski definition) is 4. The van der Waals surface area contributed by atoms with Gasteiger partial charge in [-0.15, -0.1) is 11.6 Å². The second-order valence-corrected chi connectivity index (χ2v) is 6.56. The molecule has 1 atom stereocenters. The van der Waals surface area contributed by atoms with E-state index in [0.29, 0.717) is 18.8 Å². The summed E-state index contributed by atoms with van der Waals surface area (Å²) in [4.78, 5) is 25.0. The average molecular weight is 391 g/mol. The molecule has 2 aromatic carbocycles. The van der Waals surface area contributed by atoms with Gasteiger partial charge in [-0.1, -0.05) is 24.3 Å². The molecular weight excluding hydrogens is 368 g/mol. The number of nitrogens with zero attached hydrogens (tertiary/aromatic N) is 2. The van der Waals surface area contributed by atoms with E-state index in [0.717, 1.165) is 16.9 Å². The molecule has 0 saturated heterocycles. The van der Waals surface area contributed by atoms with Crippen molar-refractivity contribution in [2.75, 3.05) is 19.5 Å². The zero-order valence-electron chi connectivity index (χ0n) is 15.4. The third-order valence-corrected chi connectivity index (χ3v) is 4.69. The molecule has 0 bridgehead atoms. The largest absolute Gasteiger partial charge is 0.497 e. The van der Waals surface area contributed by atoms with Crippen LogP contribution >= 0.6 is 11.6 Å². The van der Waals surface area contributed by atoms with E-state index in [-0.39, 0.29) is 24.1 Å². The molecule has 2 aromatic rings. The molecule has 0 N–H and O–H groups in total. The number of carbonyl (C=O) groups is 1. The molecule has 0 aliphatic heterocycles. The van der Waals surface area contributed by atoms with Crippen molar-refractivity contribution in [1.82, 2.24) is 4.90 Å². The molecule has 6 nitrogen and oxygen atoms in total. The van der Waals surface area contributed by atoms with Gasteiger partial charge in [0.2, 0.25) is 5.91 Å². The highest BCUT2D eigenvalue weighted by Gasteiger charge is 2.21. The maximum atomic E-state index is 12.9. The summed E-state index contributed by atoms with van der Waals surface area (Å²) in [5.41, 5.74) is 1.75.